The Labute approximate surface area is 213 Å². The molecule has 4 N–H and O–H groups in total. The highest BCUT2D eigenvalue weighted by molar-refractivity contribution is 7.95. The smallest absolute Gasteiger partial charge is 0.407 e. The number of ether oxygens (including phenoxy) is 2. The molecule has 36 heavy (non-hydrogen) atoms. The highest BCUT2D eigenvalue weighted by atomic mass is 32.2. The van der Waals surface area contributed by atoms with Crippen LogP contribution in [0.25, 0.3) is 0 Å². The Morgan fingerprint density at radius 2 is 1.67 bits per heavy atom. The van der Waals surface area contributed by atoms with Crippen molar-refractivity contribution in [1.82, 2.24) is 26.2 Å². The average molecular weight is 536 g/mol. The molecule has 2 unspecified atom stereocenters. The van der Waals surface area contributed by atoms with Crippen molar-refractivity contribution in [3.8, 4) is 0 Å². The van der Waals surface area contributed by atoms with Crippen LogP contribution in [0.5, 0.6) is 0 Å². The van der Waals surface area contributed by atoms with Crippen molar-refractivity contribution in [2.45, 2.75) is 57.2 Å². The van der Waals surface area contributed by atoms with E-state index in [9.17, 15) is 32.7 Å². The molecule has 0 aromatic carbocycles. The van der Waals surface area contributed by atoms with Crippen LogP contribution in [0, 0.1) is 0 Å². The second-order valence-corrected chi connectivity index (χ2v) is 8.36. The zero-order valence-electron chi connectivity index (χ0n) is 20.4. The average Bonchev–Trinajstić information content (AvgIpc) is 3.11. The maximum atomic E-state index is 12.6. The highest BCUT2D eigenvalue weighted by Gasteiger charge is 2.39. The summed E-state index contributed by atoms with van der Waals surface area (Å²) in [7, 11) is 0. The van der Waals surface area contributed by atoms with Gasteiger partial charge in [0.25, 0.3) is 0 Å². The Morgan fingerprint density at radius 1 is 1.00 bits per heavy atom. The van der Waals surface area contributed by atoms with Crippen LogP contribution in [-0.4, -0.2) is 91.4 Å². The van der Waals surface area contributed by atoms with E-state index in [0.29, 0.717) is 19.4 Å². The summed E-state index contributed by atoms with van der Waals surface area (Å²) in [5, 5.41) is 9.16. The Hall–Kier alpha value is -3.10. The second-order valence-electron chi connectivity index (χ2n) is 7.62. The van der Waals surface area contributed by atoms with E-state index in [-0.39, 0.29) is 64.3 Å². The summed E-state index contributed by atoms with van der Waals surface area (Å²) < 4.78 is 22.2. The number of hydrogen-bond acceptors (Lipinski definition) is 9. The van der Waals surface area contributed by atoms with Crippen molar-refractivity contribution in [2.24, 2.45) is 0 Å². The molecule has 0 aromatic heterocycles. The van der Waals surface area contributed by atoms with E-state index in [1.807, 2.05) is 0 Å². The van der Waals surface area contributed by atoms with Crippen molar-refractivity contribution < 1.29 is 42.1 Å². The standard InChI is InChI=1S/C21H34FN5O8S/c1-3-34-20(32)25-9-6-5-7-14(26-21(33)35-4-2)18(30)24-11-10-23-16(28)8-12-27-17(29)13-15(36-22)19(27)31/h14-15H,3-13H2,1-2H3,(H,23,28)(H,24,30)(H,25,32)(H,26,33). The van der Waals surface area contributed by atoms with Gasteiger partial charge >= 0.3 is 12.2 Å². The quantitative estimate of drug-likeness (QED) is 0.161. The van der Waals surface area contributed by atoms with Gasteiger partial charge in [0.05, 0.1) is 31.8 Å². The van der Waals surface area contributed by atoms with E-state index in [2.05, 4.69) is 21.3 Å². The van der Waals surface area contributed by atoms with Gasteiger partial charge in [-0.25, -0.2) is 9.59 Å². The minimum atomic E-state index is -1.05. The Balaban J connectivity index is 2.36. The predicted octanol–water partition coefficient (Wildman–Crippen LogP) is 0.385. The van der Waals surface area contributed by atoms with Crippen molar-refractivity contribution >= 4 is 48.0 Å². The van der Waals surface area contributed by atoms with Gasteiger partial charge in [-0.3, -0.25) is 24.1 Å². The van der Waals surface area contributed by atoms with Crippen LogP contribution in [0.3, 0.4) is 0 Å². The van der Waals surface area contributed by atoms with E-state index in [0.717, 1.165) is 4.90 Å². The number of unbranched alkanes of at least 4 members (excludes halogenated alkanes) is 1. The number of alkyl carbamates (subject to hydrolysis) is 2. The van der Waals surface area contributed by atoms with Crippen molar-refractivity contribution in [3.05, 3.63) is 0 Å². The molecule has 1 rings (SSSR count). The maximum Gasteiger partial charge on any atom is 0.407 e. The molecule has 1 aliphatic heterocycles. The fourth-order valence-electron chi connectivity index (χ4n) is 3.20. The van der Waals surface area contributed by atoms with Crippen LogP contribution in [-0.2, 0) is 28.7 Å². The van der Waals surface area contributed by atoms with Gasteiger partial charge in [0.2, 0.25) is 23.6 Å². The number of imide groups is 1. The van der Waals surface area contributed by atoms with Crippen LogP contribution in [0.4, 0.5) is 13.5 Å². The van der Waals surface area contributed by atoms with E-state index >= 15 is 0 Å². The Morgan fingerprint density at radius 3 is 2.31 bits per heavy atom. The molecular formula is C21H34FN5O8S. The molecule has 15 heteroatoms. The Bertz CT molecular complexity index is 787. The lowest BCUT2D eigenvalue weighted by Gasteiger charge is -2.18. The molecule has 0 bridgehead atoms. The number of hydrogen-bond donors (Lipinski definition) is 4. The van der Waals surface area contributed by atoms with Gasteiger partial charge in [-0.05, 0) is 33.1 Å². The summed E-state index contributed by atoms with van der Waals surface area (Å²) in [5.74, 6) is -2.09. The number of carbonyl (C=O) groups is 6. The van der Waals surface area contributed by atoms with Crippen LogP contribution < -0.4 is 21.3 Å². The number of halogens is 1. The van der Waals surface area contributed by atoms with Crippen LogP contribution >= 0.6 is 12.1 Å². The molecule has 0 radical (unpaired) electrons. The first kappa shape index (κ1) is 30.9. The summed E-state index contributed by atoms with van der Waals surface area (Å²) >= 11 is -0.188. The molecular weight excluding hydrogens is 501 g/mol. The third-order valence-corrected chi connectivity index (χ3v) is 5.55. The predicted molar refractivity (Wildman–Crippen MR) is 127 cm³/mol. The van der Waals surface area contributed by atoms with Crippen molar-refractivity contribution in [3.63, 3.8) is 0 Å². The van der Waals surface area contributed by atoms with E-state index in [1.165, 1.54) is 0 Å². The third kappa shape index (κ3) is 11.6. The molecule has 0 aromatic rings. The molecule has 6 amide bonds. The minimum absolute atomic E-state index is 0.0676. The first-order valence-corrected chi connectivity index (χ1v) is 12.5. The fourth-order valence-corrected chi connectivity index (χ4v) is 3.61. The van der Waals surface area contributed by atoms with Gasteiger partial charge < -0.3 is 30.7 Å². The van der Waals surface area contributed by atoms with Crippen molar-refractivity contribution in [2.75, 3.05) is 39.4 Å². The summed E-state index contributed by atoms with van der Waals surface area (Å²) in [6, 6.07) is -0.879. The van der Waals surface area contributed by atoms with Crippen LogP contribution in [0.1, 0.15) is 46.0 Å². The van der Waals surface area contributed by atoms with E-state index in [4.69, 9.17) is 9.47 Å². The number of nitrogens with zero attached hydrogens (tertiary/aromatic N) is 1. The summed E-state index contributed by atoms with van der Waals surface area (Å²) in [6.45, 7) is 4.06. The number of amides is 6. The van der Waals surface area contributed by atoms with Gasteiger partial charge in [0.1, 0.15) is 11.3 Å². The molecule has 2 atom stereocenters. The van der Waals surface area contributed by atoms with E-state index in [1.54, 1.807) is 13.8 Å². The summed E-state index contributed by atoms with van der Waals surface area (Å²) in [5.41, 5.74) is 0. The number of carbonyl (C=O) groups excluding carboxylic acids is 6. The molecule has 0 aliphatic carbocycles. The lowest BCUT2D eigenvalue weighted by atomic mass is 10.1. The molecule has 1 fully saturated rings. The highest BCUT2D eigenvalue weighted by Crippen LogP contribution is 2.25. The topological polar surface area (TPSA) is 172 Å². The summed E-state index contributed by atoms with van der Waals surface area (Å²) in [6.07, 6.45) is -0.287. The molecule has 204 valence electrons. The molecule has 1 heterocycles. The monoisotopic (exact) mass is 535 g/mol. The van der Waals surface area contributed by atoms with Crippen LogP contribution in [0.15, 0.2) is 0 Å². The van der Waals surface area contributed by atoms with E-state index < -0.39 is 47.1 Å². The molecule has 13 nitrogen and oxygen atoms in total. The van der Waals surface area contributed by atoms with Gasteiger partial charge in [-0.1, -0.05) is 0 Å². The number of likely N-dealkylation sites (tertiary alicyclic amines) is 1. The van der Waals surface area contributed by atoms with Gasteiger partial charge in [-0.15, -0.1) is 0 Å². The minimum Gasteiger partial charge on any atom is -0.450 e. The van der Waals surface area contributed by atoms with Gasteiger partial charge in [0.15, 0.2) is 0 Å². The number of rotatable bonds is 16. The zero-order valence-corrected chi connectivity index (χ0v) is 21.2. The van der Waals surface area contributed by atoms with Gasteiger partial charge in [-0.2, -0.15) is 3.89 Å². The zero-order chi connectivity index (χ0) is 26.9. The first-order valence-electron chi connectivity index (χ1n) is 11.7. The van der Waals surface area contributed by atoms with Crippen molar-refractivity contribution in [1.29, 1.82) is 0 Å². The van der Waals surface area contributed by atoms with Crippen LogP contribution in [0.2, 0.25) is 0 Å². The first-order chi connectivity index (χ1) is 17.2. The normalized spacial score (nSPS) is 15.8. The fraction of sp³-hybridized carbons (Fsp3) is 0.714. The molecule has 1 saturated heterocycles. The number of nitrogens with one attached hydrogen (secondary N) is 4. The molecule has 1 aliphatic rings. The third-order valence-electron chi connectivity index (χ3n) is 4.97. The largest absolute Gasteiger partial charge is 0.450 e. The SMILES string of the molecule is CCOC(=O)NCCCCC(NC(=O)OCC)C(=O)NCCNC(=O)CCN1C(=O)CC(SF)C1=O. The lowest BCUT2D eigenvalue weighted by Crippen LogP contribution is -2.48. The maximum absolute atomic E-state index is 12.6. The lowest BCUT2D eigenvalue weighted by molar-refractivity contribution is -0.138. The molecule has 0 spiro atoms. The van der Waals surface area contributed by atoms with Gasteiger partial charge in [0, 0.05) is 32.6 Å². The summed E-state index contributed by atoms with van der Waals surface area (Å²) in [4.78, 5) is 72.0. The second kappa shape index (κ2) is 17.3. The molecule has 0 saturated carbocycles. The Kier molecular flexibility index (Phi) is 14.9.